The minimum absolute atomic E-state index is 0.0595. The number of benzene rings is 1. The fourth-order valence-corrected chi connectivity index (χ4v) is 5.39. The van der Waals surface area contributed by atoms with Crippen molar-refractivity contribution in [2.75, 3.05) is 6.61 Å². The number of fused-ring (bicyclic) bond motifs is 1. The number of aliphatic hydroxyl groups excluding tert-OH is 1. The summed E-state index contributed by atoms with van der Waals surface area (Å²) in [5.41, 5.74) is 2.52. The van der Waals surface area contributed by atoms with Crippen molar-refractivity contribution in [1.82, 2.24) is 25.6 Å². The highest BCUT2D eigenvalue weighted by Gasteiger charge is 2.32. The first kappa shape index (κ1) is 27.9. The molecule has 0 saturated heterocycles. The van der Waals surface area contributed by atoms with Gasteiger partial charge in [-0.15, -0.1) is 0 Å². The second kappa shape index (κ2) is 11.5. The van der Waals surface area contributed by atoms with E-state index in [9.17, 15) is 23.5 Å². The molecule has 1 aromatic carbocycles. The summed E-state index contributed by atoms with van der Waals surface area (Å²) in [5, 5.41) is 15.5. The molecule has 0 unspecified atom stereocenters. The second-order valence-electron chi connectivity index (χ2n) is 11.1. The Balaban J connectivity index is 1.40. The molecule has 4 N–H and O–H groups in total. The molecule has 214 valence electrons. The van der Waals surface area contributed by atoms with Crippen LogP contribution >= 0.6 is 0 Å². The first-order chi connectivity index (χ1) is 19.1. The van der Waals surface area contributed by atoms with Crippen LogP contribution in [0.25, 0.3) is 22.3 Å². The Labute approximate surface area is 231 Å². The summed E-state index contributed by atoms with van der Waals surface area (Å²) in [6.45, 7) is 5.73. The van der Waals surface area contributed by atoms with Crippen molar-refractivity contribution >= 4 is 22.8 Å². The van der Waals surface area contributed by atoms with Crippen LogP contribution in [-0.4, -0.2) is 56.7 Å². The largest absolute Gasteiger partial charge is 0.493 e. The van der Waals surface area contributed by atoms with Gasteiger partial charge in [-0.3, -0.25) is 9.59 Å². The van der Waals surface area contributed by atoms with Gasteiger partial charge < -0.3 is 25.5 Å². The number of hydrogen-bond donors (Lipinski definition) is 4. The second-order valence-corrected chi connectivity index (χ2v) is 11.1. The van der Waals surface area contributed by atoms with E-state index in [4.69, 9.17) is 4.74 Å². The maximum Gasteiger partial charge on any atom is 0.263 e. The number of aryl methyl sites for hydroxylation is 1. The molecule has 2 aliphatic rings. The van der Waals surface area contributed by atoms with Crippen LogP contribution in [0.4, 0.5) is 8.78 Å². The van der Waals surface area contributed by atoms with Crippen molar-refractivity contribution in [3.05, 3.63) is 41.3 Å². The average Bonchev–Trinajstić information content (AvgIpc) is 3.68. The molecule has 11 heteroatoms. The molecular formula is C29H35F2N5O4. The van der Waals surface area contributed by atoms with Gasteiger partial charge in [0.2, 0.25) is 5.91 Å². The summed E-state index contributed by atoms with van der Waals surface area (Å²) in [5.74, 6) is 0.342. The molecule has 2 amide bonds. The molecule has 0 spiro atoms. The highest BCUT2D eigenvalue weighted by atomic mass is 19.3. The third-order valence-corrected chi connectivity index (χ3v) is 7.89. The lowest BCUT2D eigenvalue weighted by atomic mass is 9.82. The summed E-state index contributed by atoms with van der Waals surface area (Å²) < 4.78 is 33.2. The van der Waals surface area contributed by atoms with E-state index in [0.717, 1.165) is 12.8 Å². The van der Waals surface area contributed by atoms with E-state index in [1.165, 1.54) is 25.4 Å². The molecule has 2 aromatic heterocycles. The molecule has 0 bridgehead atoms. The number of nitrogens with one attached hydrogen (secondary N) is 3. The van der Waals surface area contributed by atoms with Crippen molar-refractivity contribution in [3.63, 3.8) is 0 Å². The van der Waals surface area contributed by atoms with E-state index in [-0.39, 0.29) is 29.5 Å². The van der Waals surface area contributed by atoms with Gasteiger partial charge in [0.15, 0.2) is 0 Å². The summed E-state index contributed by atoms with van der Waals surface area (Å²) >= 11 is 0. The van der Waals surface area contributed by atoms with Crippen molar-refractivity contribution in [3.8, 4) is 17.0 Å². The van der Waals surface area contributed by atoms with Gasteiger partial charge in [-0.2, -0.15) is 0 Å². The smallest absolute Gasteiger partial charge is 0.263 e. The Bertz CT molecular complexity index is 1400. The SMILES string of the molecule is Cc1[nH]c2c(-c3cc(C(F)F)ccc3OCC3CC3)ncnc2c1C(=O)N[C@@H]1CC[C@H](NC(=O)[C@H](C)O)C[C@H]1C. The Morgan fingerprint density at radius 2 is 1.95 bits per heavy atom. The van der Waals surface area contributed by atoms with Gasteiger partial charge in [0.25, 0.3) is 12.3 Å². The lowest BCUT2D eigenvalue weighted by molar-refractivity contribution is -0.129. The van der Waals surface area contributed by atoms with Crippen LogP contribution in [0.3, 0.4) is 0 Å². The van der Waals surface area contributed by atoms with Gasteiger partial charge in [0.1, 0.15) is 29.4 Å². The van der Waals surface area contributed by atoms with Gasteiger partial charge in [0.05, 0.1) is 17.7 Å². The van der Waals surface area contributed by atoms with Gasteiger partial charge in [-0.05, 0) is 76.0 Å². The topological polar surface area (TPSA) is 129 Å². The predicted octanol–water partition coefficient (Wildman–Crippen LogP) is 4.44. The van der Waals surface area contributed by atoms with E-state index in [2.05, 4.69) is 25.6 Å². The fraction of sp³-hybridized carbons (Fsp3) is 0.517. The van der Waals surface area contributed by atoms with Crippen molar-refractivity contribution in [2.24, 2.45) is 11.8 Å². The maximum atomic E-state index is 13.6. The van der Waals surface area contributed by atoms with Crippen LogP contribution in [-0.2, 0) is 4.79 Å². The summed E-state index contributed by atoms with van der Waals surface area (Å²) in [6.07, 6.45) is 1.81. The number of carbonyl (C=O) groups excluding carboxylic acids is 2. The van der Waals surface area contributed by atoms with E-state index in [0.29, 0.717) is 71.1 Å². The number of halogens is 2. The maximum absolute atomic E-state index is 13.6. The van der Waals surface area contributed by atoms with Crippen LogP contribution < -0.4 is 15.4 Å². The highest BCUT2D eigenvalue weighted by Crippen LogP contribution is 2.38. The van der Waals surface area contributed by atoms with E-state index < -0.39 is 18.4 Å². The zero-order chi connectivity index (χ0) is 28.6. The normalized spacial score (nSPS) is 21.8. The van der Waals surface area contributed by atoms with E-state index >= 15 is 0 Å². The van der Waals surface area contributed by atoms with Crippen molar-refractivity contribution < 1.29 is 28.2 Å². The Kier molecular flexibility index (Phi) is 8.02. The molecule has 2 saturated carbocycles. The number of aliphatic hydroxyl groups is 1. The monoisotopic (exact) mass is 555 g/mol. The average molecular weight is 556 g/mol. The zero-order valence-electron chi connectivity index (χ0n) is 22.8. The first-order valence-corrected chi connectivity index (χ1v) is 13.8. The molecule has 2 fully saturated rings. The third kappa shape index (κ3) is 5.94. The van der Waals surface area contributed by atoms with Crippen LogP contribution in [0.15, 0.2) is 24.5 Å². The number of amides is 2. The minimum Gasteiger partial charge on any atom is -0.493 e. The summed E-state index contributed by atoms with van der Waals surface area (Å²) in [7, 11) is 0. The van der Waals surface area contributed by atoms with Crippen LogP contribution in [0.5, 0.6) is 5.75 Å². The third-order valence-electron chi connectivity index (χ3n) is 7.89. The van der Waals surface area contributed by atoms with Crippen molar-refractivity contribution in [1.29, 1.82) is 0 Å². The minimum atomic E-state index is -2.65. The molecule has 0 radical (unpaired) electrons. The van der Waals surface area contributed by atoms with Gasteiger partial charge >= 0.3 is 0 Å². The lowest BCUT2D eigenvalue weighted by Crippen LogP contribution is -2.49. The molecule has 5 rings (SSSR count). The predicted molar refractivity (Wildman–Crippen MR) is 145 cm³/mol. The summed E-state index contributed by atoms with van der Waals surface area (Å²) in [6, 6.07) is 4.14. The fourth-order valence-electron chi connectivity index (χ4n) is 5.39. The standard InChI is InChI=1S/C29H35F2N5O4/c1-14-10-19(35-28(38)16(3)37)7-8-21(14)36-29(39)23-15(2)34-26-24(32-13-33-25(23)26)20-11-18(27(30)31)6-9-22(20)40-12-17-4-5-17/h6,9,11,13-14,16-17,19,21,27,34,37H,4-5,7-8,10,12H2,1-3H3,(H,35,38)(H,36,39)/t14-,16+,19+,21-/m1/s1. The molecule has 9 nitrogen and oxygen atoms in total. The Morgan fingerprint density at radius 1 is 1.18 bits per heavy atom. The number of rotatable bonds is 9. The zero-order valence-corrected chi connectivity index (χ0v) is 22.8. The van der Waals surface area contributed by atoms with Crippen LogP contribution in [0, 0.1) is 18.8 Å². The summed E-state index contributed by atoms with van der Waals surface area (Å²) in [4.78, 5) is 37.4. The quantitative estimate of drug-likeness (QED) is 0.309. The number of aromatic amines is 1. The molecule has 2 aliphatic carbocycles. The molecule has 0 aliphatic heterocycles. The van der Waals surface area contributed by atoms with Gasteiger partial charge in [-0.1, -0.05) is 6.92 Å². The number of H-pyrrole nitrogens is 1. The molecule has 2 heterocycles. The van der Waals surface area contributed by atoms with Crippen LogP contribution in [0.1, 0.15) is 74.0 Å². The molecule has 3 aromatic rings. The molecular weight excluding hydrogens is 520 g/mol. The number of nitrogens with zero attached hydrogens (tertiary/aromatic N) is 2. The number of hydrogen-bond acceptors (Lipinski definition) is 6. The number of carbonyl (C=O) groups is 2. The van der Waals surface area contributed by atoms with Crippen molar-refractivity contribution in [2.45, 2.75) is 77.5 Å². The number of aromatic nitrogens is 3. The number of ether oxygens (including phenoxy) is 1. The number of alkyl halides is 2. The molecule has 40 heavy (non-hydrogen) atoms. The molecule has 4 atom stereocenters. The highest BCUT2D eigenvalue weighted by molar-refractivity contribution is 6.09. The lowest BCUT2D eigenvalue weighted by Gasteiger charge is -2.35. The van der Waals surface area contributed by atoms with Gasteiger partial charge in [0, 0.05) is 28.9 Å². The van der Waals surface area contributed by atoms with E-state index in [1.807, 2.05) is 6.92 Å². The Hall–Kier alpha value is -3.60. The first-order valence-electron chi connectivity index (χ1n) is 13.8. The van der Waals surface area contributed by atoms with E-state index in [1.54, 1.807) is 13.0 Å². The van der Waals surface area contributed by atoms with Crippen LogP contribution in [0.2, 0.25) is 0 Å². The Morgan fingerprint density at radius 3 is 2.62 bits per heavy atom. The van der Waals surface area contributed by atoms with Gasteiger partial charge in [-0.25, -0.2) is 18.7 Å².